The van der Waals surface area contributed by atoms with Crippen LogP contribution in [0.5, 0.6) is 0 Å². The van der Waals surface area contributed by atoms with Crippen LogP contribution in [-0.2, 0) is 7.05 Å². The molecule has 2 N–H and O–H groups in total. The molecule has 0 aliphatic heterocycles. The molecule has 1 aromatic heterocycles. The maximum atomic E-state index is 12.2. The van der Waals surface area contributed by atoms with E-state index < -0.39 is 6.10 Å². The summed E-state index contributed by atoms with van der Waals surface area (Å²) in [6.45, 7) is 3.49. The molecule has 2 aromatic rings. The number of nitrogens with zero attached hydrogens (tertiary/aromatic N) is 1. The van der Waals surface area contributed by atoms with E-state index in [1.54, 1.807) is 23.9 Å². The highest BCUT2D eigenvalue weighted by Gasteiger charge is 2.16. The van der Waals surface area contributed by atoms with Crippen molar-refractivity contribution in [3.05, 3.63) is 58.9 Å². The third-order valence-electron chi connectivity index (χ3n) is 3.65. The van der Waals surface area contributed by atoms with Crippen LogP contribution in [0, 0.1) is 6.92 Å². The summed E-state index contributed by atoms with van der Waals surface area (Å²) in [4.78, 5) is 23.5. The van der Waals surface area contributed by atoms with E-state index >= 15 is 0 Å². The van der Waals surface area contributed by atoms with Crippen molar-refractivity contribution >= 4 is 11.7 Å². The number of aliphatic hydroxyl groups excluding tert-OH is 1. The van der Waals surface area contributed by atoms with Crippen molar-refractivity contribution in [2.75, 3.05) is 6.54 Å². The Morgan fingerprint density at radius 2 is 2.00 bits per heavy atom. The van der Waals surface area contributed by atoms with Crippen LogP contribution in [-0.4, -0.2) is 27.9 Å². The monoisotopic (exact) mass is 300 g/mol. The first kappa shape index (κ1) is 16.0. The molecule has 0 aliphatic rings. The quantitative estimate of drug-likeness (QED) is 0.830. The van der Waals surface area contributed by atoms with Gasteiger partial charge in [0.2, 0.25) is 0 Å². The first-order valence-corrected chi connectivity index (χ1v) is 7.09. The Bertz CT molecular complexity index is 704. The molecule has 0 aliphatic carbocycles. The van der Waals surface area contributed by atoms with Gasteiger partial charge in [0.05, 0.1) is 6.10 Å². The minimum atomic E-state index is -0.766. The molecule has 116 valence electrons. The molecule has 2 rings (SSSR count). The largest absolute Gasteiger partial charge is 0.387 e. The highest BCUT2D eigenvalue weighted by Crippen LogP contribution is 2.16. The van der Waals surface area contributed by atoms with Crippen LogP contribution >= 0.6 is 0 Å². The summed E-state index contributed by atoms with van der Waals surface area (Å²) in [5.74, 6) is -0.405. The summed E-state index contributed by atoms with van der Waals surface area (Å²) in [6, 6.07) is 9.05. The molecule has 22 heavy (non-hydrogen) atoms. The van der Waals surface area contributed by atoms with Crippen LogP contribution in [0.3, 0.4) is 0 Å². The number of nitrogens with one attached hydrogen (secondary N) is 1. The maximum absolute atomic E-state index is 12.2. The molecule has 1 amide bonds. The molecular weight excluding hydrogens is 280 g/mol. The third-order valence-corrected chi connectivity index (χ3v) is 3.65. The lowest BCUT2D eigenvalue weighted by Crippen LogP contribution is -2.29. The van der Waals surface area contributed by atoms with Gasteiger partial charge in [-0.05, 0) is 31.0 Å². The zero-order valence-electron chi connectivity index (χ0n) is 13.0. The van der Waals surface area contributed by atoms with Crippen LogP contribution in [0.1, 0.15) is 45.0 Å². The number of carbonyl (C=O) groups is 2. The minimum Gasteiger partial charge on any atom is -0.387 e. The van der Waals surface area contributed by atoms with E-state index in [0.717, 1.165) is 11.1 Å². The topological polar surface area (TPSA) is 71.3 Å². The number of amides is 1. The van der Waals surface area contributed by atoms with Crippen molar-refractivity contribution < 1.29 is 14.7 Å². The van der Waals surface area contributed by atoms with Gasteiger partial charge in [0.25, 0.3) is 5.91 Å². The summed E-state index contributed by atoms with van der Waals surface area (Å²) >= 11 is 0. The summed E-state index contributed by atoms with van der Waals surface area (Å²) < 4.78 is 1.60. The molecular formula is C17H20N2O3. The Hall–Kier alpha value is -2.40. The van der Waals surface area contributed by atoms with Crippen LogP contribution in [0.25, 0.3) is 0 Å². The molecule has 1 unspecified atom stereocenters. The van der Waals surface area contributed by atoms with Gasteiger partial charge >= 0.3 is 0 Å². The van der Waals surface area contributed by atoms with Crippen LogP contribution in [0.2, 0.25) is 0 Å². The number of benzene rings is 1. The van der Waals surface area contributed by atoms with Gasteiger partial charge in [0.15, 0.2) is 5.78 Å². The third kappa shape index (κ3) is 3.43. The van der Waals surface area contributed by atoms with Gasteiger partial charge < -0.3 is 15.0 Å². The summed E-state index contributed by atoms with van der Waals surface area (Å²) in [7, 11) is 1.71. The lowest BCUT2D eigenvalue weighted by molar-refractivity contribution is 0.0908. The molecule has 1 atom stereocenters. The second kappa shape index (κ2) is 6.58. The van der Waals surface area contributed by atoms with E-state index in [2.05, 4.69) is 5.32 Å². The SMILES string of the molecule is CC(=O)c1cc(C(=O)NCC(O)c2ccccc2C)n(C)c1. The van der Waals surface area contributed by atoms with Gasteiger partial charge in [0.1, 0.15) is 5.69 Å². The fourth-order valence-electron chi connectivity index (χ4n) is 2.33. The second-order valence-electron chi connectivity index (χ2n) is 5.36. The van der Waals surface area contributed by atoms with E-state index in [4.69, 9.17) is 0 Å². The molecule has 1 heterocycles. The Labute approximate surface area is 129 Å². The van der Waals surface area contributed by atoms with Crippen LogP contribution in [0.4, 0.5) is 0 Å². The second-order valence-corrected chi connectivity index (χ2v) is 5.36. The van der Waals surface area contributed by atoms with E-state index in [-0.39, 0.29) is 18.2 Å². The first-order valence-electron chi connectivity index (χ1n) is 7.09. The van der Waals surface area contributed by atoms with Crippen molar-refractivity contribution in [1.82, 2.24) is 9.88 Å². The lowest BCUT2D eigenvalue weighted by atomic mass is 10.0. The molecule has 0 spiro atoms. The molecule has 0 saturated heterocycles. The first-order chi connectivity index (χ1) is 10.4. The zero-order valence-corrected chi connectivity index (χ0v) is 13.0. The van der Waals surface area contributed by atoms with Gasteiger partial charge in [-0.25, -0.2) is 0 Å². The van der Waals surface area contributed by atoms with Crippen LogP contribution < -0.4 is 5.32 Å². The Morgan fingerprint density at radius 1 is 1.32 bits per heavy atom. The Balaban J connectivity index is 2.04. The van der Waals surface area contributed by atoms with Gasteiger partial charge in [-0.2, -0.15) is 0 Å². The summed E-state index contributed by atoms with van der Waals surface area (Å²) in [5.41, 5.74) is 2.65. The number of aryl methyl sites for hydroxylation is 2. The number of hydrogen-bond acceptors (Lipinski definition) is 3. The Morgan fingerprint density at radius 3 is 2.59 bits per heavy atom. The Kier molecular flexibility index (Phi) is 4.78. The lowest BCUT2D eigenvalue weighted by Gasteiger charge is -2.14. The number of hydrogen-bond donors (Lipinski definition) is 2. The average Bonchev–Trinajstić information content (AvgIpc) is 2.87. The number of aliphatic hydroxyl groups is 1. The predicted molar refractivity (Wildman–Crippen MR) is 83.9 cm³/mol. The predicted octanol–water partition coefficient (Wildman–Crippen LogP) is 2.00. The van der Waals surface area contributed by atoms with Crippen LogP contribution in [0.15, 0.2) is 36.5 Å². The van der Waals surface area contributed by atoms with Gasteiger partial charge in [-0.15, -0.1) is 0 Å². The minimum absolute atomic E-state index is 0.0883. The highest BCUT2D eigenvalue weighted by atomic mass is 16.3. The number of aromatic nitrogens is 1. The summed E-state index contributed by atoms with van der Waals surface area (Å²) in [6.07, 6.45) is 0.854. The molecule has 5 nitrogen and oxygen atoms in total. The van der Waals surface area contributed by atoms with Crippen molar-refractivity contribution in [1.29, 1.82) is 0 Å². The average molecular weight is 300 g/mol. The molecule has 0 fully saturated rings. The van der Waals surface area contributed by atoms with Crippen molar-refractivity contribution in [3.8, 4) is 0 Å². The van der Waals surface area contributed by atoms with Crippen molar-refractivity contribution in [2.45, 2.75) is 20.0 Å². The molecule has 5 heteroatoms. The van der Waals surface area contributed by atoms with Gasteiger partial charge in [0, 0.05) is 25.4 Å². The zero-order chi connectivity index (χ0) is 16.3. The molecule has 0 saturated carbocycles. The number of ketones is 1. The molecule has 0 bridgehead atoms. The number of rotatable bonds is 5. The fourth-order valence-corrected chi connectivity index (χ4v) is 2.33. The molecule has 1 aromatic carbocycles. The number of Topliss-reactive ketones (excluding diaryl/α,β-unsaturated/α-hetero) is 1. The van der Waals surface area contributed by atoms with E-state index in [9.17, 15) is 14.7 Å². The van der Waals surface area contributed by atoms with Gasteiger partial charge in [-0.3, -0.25) is 9.59 Å². The standard InChI is InChI=1S/C17H20N2O3/c1-11-6-4-5-7-14(11)16(21)9-18-17(22)15-8-13(12(2)20)10-19(15)3/h4-8,10,16,21H,9H2,1-3H3,(H,18,22). The van der Waals surface area contributed by atoms with Crippen molar-refractivity contribution in [3.63, 3.8) is 0 Å². The summed E-state index contributed by atoms with van der Waals surface area (Å²) in [5, 5.41) is 12.9. The smallest absolute Gasteiger partial charge is 0.268 e. The maximum Gasteiger partial charge on any atom is 0.268 e. The highest BCUT2D eigenvalue weighted by molar-refractivity contribution is 5.99. The van der Waals surface area contributed by atoms with Gasteiger partial charge in [-0.1, -0.05) is 24.3 Å². The van der Waals surface area contributed by atoms with E-state index in [1.165, 1.54) is 6.92 Å². The fraction of sp³-hybridized carbons (Fsp3) is 0.294. The number of carbonyl (C=O) groups excluding carboxylic acids is 2. The van der Waals surface area contributed by atoms with E-state index in [1.807, 2.05) is 31.2 Å². The molecule has 0 radical (unpaired) electrons. The van der Waals surface area contributed by atoms with E-state index in [0.29, 0.717) is 11.3 Å². The normalized spacial score (nSPS) is 12.0. The van der Waals surface area contributed by atoms with Crippen molar-refractivity contribution in [2.24, 2.45) is 7.05 Å².